The molecule has 1 aliphatic rings. The second-order valence-electron chi connectivity index (χ2n) is 5.04. The van der Waals surface area contributed by atoms with Crippen LogP contribution in [0.25, 0.3) is 0 Å². The lowest BCUT2D eigenvalue weighted by Crippen LogP contribution is -2.54. The van der Waals surface area contributed by atoms with Gasteiger partial charge in [0.1, 0.15) is 0 Å². The molecule has 3 atom stereocenters. The number of amidine groups is 1. The Bertz CT molecular complexity index is 333. The van der Waals surface area contributed by atoms with Gasteiger partial charge in [-0.3, -0.25) is 4.79 Å². The van der Waals surface area contributed by atoms with Crippen molar-refractivity contribution in [2.75, 3.05) is 6.61 Å². The van der Waals surface area contributed by atoms with E-state index in [-0.39, 0.29) is 23.4 Å². The molecule has 0 aromatic rings. The molecule has 18 heavy (non-hydrogen) atoms. The first-order valence-corrected chi connectivity index (χ1v) is 6.35. The standard InChI is InChI=1S/C12H23N3O3/c1-4-5-9(10(13)15-17)11(16)14-12(3)6-7-18-8(12)2/h8-9,17H,4-7H2,1-3H3,(H2,13,15)(H,14,16). The molecule has 0 saturated carbocycles. The van der Waals surface area contributed by atoms with E-state index in [0.717, 1.165) is 12.8 Å². The van der Waals surface area contributed by atoms with Crippen LogP contribution in [0.1, 0.15) is 40.0 Å². The quantitative estimate of drug-likeness (QED) is 0.294. The molecule has 1 saturated heterocycles. The molecule has 1 fully saturated rings. The fourth-order valence-electron chi connectivity index (χ4n) is 2.14. The van der Waals surface area contributed by atoms with Crippen LogP contribution in [0.5, 0.6) is 0 Å². The average Bonchev–Trinajstić information content (AvgIpc) is 2.65. The third kappa shape index (κ3) is 3.13. The van der Waals surface area contributed by atoms with Crippen LogP contribution in [0.4, 0.5) is 0 Å². The van der Waals surface area contributed by atoms with E-state index < -0.39 is 5.92 Å². The van der Waals surface area contributed by atoms with E-state index in [9.17, 15) is 4.79 Å². The van der Waals surface area contributed by atoms with Crippen LogP contribution in [-0.2, 0) is 9.53 Å². The molecule has 1 aliphatic heterocycles. The molecule has 1 rings (SSSR count). The molecule has 1 amide bonds. The fraction of sp³-hybridized carbons (Fsp3) is 0.833. The minimum Gasteiger partial charge on any atom is -0.409 e. The summed E-state index contributed by atoms with van der Waals surface area (Å²) in [7, 11) is 0. The summed E-state index contributed by atoms with van der Waals surface area (Å²) in [5.41, 5.74) is 5.19. The molecule has 0 bridgehead atoms. The van der Waals surface area contributed by atoms with Crippen molar-refractivity contribution in [3.05, 3.63) is 0 Å². The van der Waals surface area contributed by atoms with Gasteiger partial charge in [-0.25, -0.2) is 0 Å². The van der Waals surface area contributed by atoms with Gasteiger partial charge in [0.05, 0.1) is 17.6 Å². The Morgan fingerprint density at radius 3 is 2.83 bits per heavy atom. The van der Waals surface area contributed by atoms with Crippen molar-refractivity contribution in [1.82, 2.24) is 5.32 Å². The Hall–Kier alpha value is -1.30. The first kappa shape index (κ1) is 14.8. The van der Waals surface area contributed by atoms with Crippen LogP contribution in [0, 0.1) is 5.92 Å². The average molecular weight is 257 g/mol. The normalized spacial score (nSPS) is 30.2. The summed E-state index contributed by atoms with van der Waals surface area (Å²) in [6.45, 7) is 6.48. The number of amides is 1. The highest BCUT2D eigenvalue weighted by atomic mass is 16.5. The molecule has 0 spiro atoms. The van der Waals surface area contributed by atoms with Crippen molar-refractivity contribution < 1.29 is 14.7 Å². The molecule has 6 nitrogen and oxygen atoms in total. The third-order valence-corrected chi connectivity index (χ3v) is 3.66. The second kappa shape index (κ2) is 6.04. The van der Waals surface area contributed by atoms with Gasteiger partial charge in [0.2, 0.25) is 5.91 Å². The third-order valence-electron chi connectivity index (χ3n) is 3.66. The summed E-state index contributed by atoms with van der Waals surface area (Å²) in [6.07, 6.45) is 2.09. The molecule has 0 aliphatic carbocycles. The lowest BCUT2D eigenvalue weighted by Gasteiger charge is -2.30. The highest BCUT2D eigenvalue weighted by Gasteiger charge is 2.39. The number of hydrogen-bond acceptors (Lipinski definition) is 4. The summed E-state index contributed by atoms with van der Waals surface area (Å²) in [4.78, 5) is 12.2. The lowest BCUT2D eigenvalue weighted by atomic mass is 9.92. The van der Waals surface area contributed by atoms with Crippen molar-refractivity contribution >= 4 is 11.7 Å². The van der Waals surface area contributed by atoms with Crippen LogP contribution < -0.4 is 11.1 Å². The Morgan fingerprint density at radius 2 is 2.39 bits per heavy atom. The summed E-state index contributed by atoms with van der Waals surface area (Å²) in [5, 5.41) is 14.6. The minimum atomic E-state index is -0.579. The number of rotatable bonds is 5. The Kier molecular flexibility index (Phi) is 4.95. The lowest BCUT2D eigenvalue weighted by molar-refractivity contribution is -0.125. The van der Waals surface area contributed by atoms with Gasteiger partial charge in [-0.2, -0.15) is 0 Å². The van der Waals surface area contributed by atoms with Gasteiger partial charge in [-0.05, 0) is 26.7 Å². The smallest absolute Gasteiger partial charge is 0.231 e. The number of oxime groups is 1. The van der Waals surface area contributed by atoms with Gasteiger partial charge >= 0.3 is 0 Å². The van der Waals surface area contributed by atoms with Crippen molar-refractivity contribution in [2.45, 2.75) is 51.7 Å². The van der Waals surface area contributed by atoms with Crippen LogP contribution in [0.15, 0.2) is 5.16 Å². The van der Waals surface area contributed by atoms with Crippen LogP contribution in [0.2, 0.25) is 0 Å². The summed E-state index contributed by atoms with van der Waals surface area (Å²) < 4.78 is 5.47. The number of hydrogen-bond donors (Lipinski definition) is 3. The van der Waals surface area contributed by atoms with Crippen molar-refractivity contribution in [2.24, 2.45) is 16.8 Å². The van der Waals surface area contributed by atoms with E-state index in [2.05, 4.69) is 10.5 Å². The van der Waals surface area contributed by atoms with Crippen molar-refractivity contribution in [3.63, 3.8) is 0 Å². The second-order valence-corrected chi connectivity index (χ2v) is 5.04. The monoisotopic (exact) mass is 257 g/mol. The van der Waals surface area contributed by atoms with E-state index >= 15 is 0 Å². The Balaban J connectivity index is 2.72. The molecule has 3 unspecified atom stereocenters. The number of nitrogens with zero attached hydrogens (tertiary/aromatic N) is 1. The first-order chi connectivity index (χ1) is 8.44. The minimum absolute atomic E-state index is 0.0315. The zero-order valence-corrected chi connectivity index (χ0v) is 11.3. The molecule has 104 valence electrons. The van der Waals surface area contributed by atoms with Gasteiger partial charge in [0.15, 0.2) is 5.84 Å². The van der Waals surface area contributed by atoms with Crippen LogP contribution in [0.3, 0.4) is 0 Å². The maximum atomic E-state index is 12.2. The van der Waals surface area contributed by atoms with E-state index in [4.69, 9.17) is 15.7 Å². The SMILES string of the molecule is CCCC(C(=O)NC1(C)CCOC1C)C(N)=NO. The van der Waals surface area contributed by atoms with E-state index in [1.807, 2.05) is 20.8 Å². The first-order valence-electron chi connectivity index (χ1n) is 6.35. The van der Waals surface area contributed by atoms with Gasteiger partial charge in [-0.1, -0.05) is 18.5 Å². The molecule has 1 heterocycles. The van der Waals surface area contributed by atoms with Gasteiger partial charge in [0.25, 0.3) is 0 Å². The number of carbonyl (C=O) groups excluding carboxylic acids is 1. The van der Waals surface area contributed by atoms with Gasteiger partial charge in [0, 0.05) is 6.61 Å². The highest BCUT2D eigenvalue weighted by Crippen LogP contribution is 2.25. The highest BCUT2D eigenvalue weighted by molar-refractivity contribution is 6.02. The zero-order chi connectivity index (χ0) is 13.8. The molecule has 0 aromatic heterocycles. The van der Waals surface area contributed by atoms with E-state index in [1.165, 1.54) is 0 Å². The maximum absolute atomic E-state index is 12.2. The predicted molar refractivity (Wildman–Crippen MR) is 68.4 cm³/mol. The molecular formula is C12H23N3O3. The maximum Gasteiger partial charge on any atom is 0.231 e. The largest absolute Gasteiger partial charge is 0.409 e. The molecule has 0 aromatic carbocycles. The Labute approximate surface area is 108 Å². The van der Waals surface area contributed by atoms with Crippen molar-refractivity contribution in [1.29, 1.82) is 0 Å². The Morgan fingerprint density at radius 1 is 1.72 bits per heavy atom. The number of carbonyl (C=O) groups is 1. The van der Waals surface area contributed by atoms with E-state index in [0.29, 0.717) is 13.0 Å². The van der Waals surface area contributed by atoms with Crippen LogP contribution in [-0.4, -0.2) is 35.2 Å². The summed E-state index contributed by atoms with van der Waals surface area (Å²) >= 11 is 0. The molecule has 6 heteroatoms. The molecule has 4 N–H and O–H groups in total. The molecular weight excluding hydrogens is 234 g/mol. The molecule has 0 radical (unpaired) electrons. The fourth-order valence-corrected chi connectivity index (χ4v) is 2.14. The summed E-state index contributed by atoms with van der Waals surface area (Å²) in [6, 6.07) is 0. The zero-order valence-electron chi connectivity index (χ0n) is 11.3. The van der Waals surface area contributed by atoms with Crippen molar-refractivity contribution in [3.8, 4) is 0 Å². The number of nitrogens with one attached hydrogen (secondary N) is 1. The topological polar surface area (TPSA) is 96.9 Å². The van der Waals surface area contributed by atoms with Gasteiger partial charge < -0.3 is 21.0 Å². The predicted octanol–water partition coefficient (Wildman–Crippen LogP) is 0.833. The van der Waals surface area contributed by atoms with Gasteiger partial charge in [-0.15, -0.1) is 0 Å². The summed E-state index contributed by atoms with van der Waals surface area (Å²) in [5.74, 6) is -0.818. The van der Waals surface area contributed by atoms with E-state index in [1.54, 1.807) is 0 Å². The number of ether oxygens (including phenoxy) is 1. The number of nitrogens with two attached hydrogens (primary N) is 1. The van der Waals surface area contributed by atoms with Crippen LogP contribution >= 0.6 is 0 Å².